The van der Waals surface area contributed by atoms with Crippen molar-refractivity contribution in [2.24, 2.45) is 0 Å². The van der Waals surface area contributed by atoms with Gasteiger partial charge in [0.25, 0.3) is 0 Å². The molecule has 0 rings (SSSR count). The Bertz CT molecular complexity index is 323. The quantitative estimate of drug-likeness (QED) is 0.476. The lowest BCUT2D eigenvalue weighted by Crippen LogP contribution is -2.42. The van der Waals surface area contributed by atoms with Crippen LogP contribution in [0.4, 0.5) is 4.79 Å². The molecule has 0 unspecified atom stereocenters. The van der Waals surface area contributed by atoms with Crippen LogP contribution in [0.1, 0.15) is 26.7 Å². The fourth-order valence-corrected chi connectivity index (χ4v) is 1.02. The normalized spacial score (nSPS) is 10.5. The number of rotatable bonds is 4. The molecule has 5 nitrogen and oxygen atoms in total. The maximum absolute atomic E-state index is 11.2. The van der Waals surface area contributed by atoms with E-state index in [1.165, 1.54) is 0 Å². The summed E-state index contributed by atoms with van der Waals surface area (Å²) in [6.45, 7) is 3.46. The fourth-order valence-electron chi connectivity index (χ4n) is 0.859. The standard InChI is InChI=1S/C10H15Cl3N2O3/c1-7(2)4-3-5-8(16)14-15-9(17)18-6-10(11,12)13/h4H,3,5-6H2,1-2H3,(H,14,16)(H,15,17). The van der Waals surface area contributed by atoms with Crippen molar-refractivity contribution in [3.05, 3.63) is 11.6 Å². The number of hydrazine groups is 1. The number of carbonyl (C=O) groups excluding carboxylic acids is 2. The largest absolute Gasteiger partial charge is 0.444 e. The summed E-state index contributed by atoms with van der Waals surface area (Å²) >= 11 is 16.1. The van der Waals surface area contributed by atoms with E-state index in [0.717, 1.165) is 5.57 Å². The Morgan fingerprint density at radius 2 is 1.83 bits per heavy atom. The zero-order chi connectivity index (χ0) is 14.2. The number of ether oxygens (including phenoxy) is 1. The second-order valence-electron chi connectivity index (χ2n) is 3.68. The molecule has 0 spiro atoms. The van der Waals surface area contributed by atoms with Gasteiger partial charge in [-0.1, -0.05) is 46.5 Å². The van der Waals surface area contributed by atoms with Crippen LogP contribution < -0.4 is 10.9 Å². The van der Waals surface area contributed by atoms with Crippen molar-refractivity contribution in [2.45, 2.75) is 30.5 Å². The van der Waals surface area contributed by atoms with E-state index in [0.29, 0.717) is 6.42 Å². The predicted octanol–water partition coefficient (Wildman–Crippen LogP) is 2.86. The summed E-state index contributed by atoms with van der Waals surface area (Å²) in [6.07, 6.45) is 1.88. The minimum absolute atomic E-state index is 0.260. The number of hydrogen-bond acceptors (Lipinski definition) is 3. The predicted molar refractivity (Wildman–Crippen MR) is 71.6 cm³/mol. The van der Waals surface area contributed by atoms with E-state index in [1.54, 1.807) is 0 Å². The molecule has 2 amide bonds. The van der Waals surface area contributed by atoms with Gasteiger partial charge in [0.05, 0.1) is 0 Å². The minimum atomic E-state index is -1.68. The van der Waals surface area contributed by atoms with Gasteiger partial charge in [-0.3, -0.25) is 10.2 Å². The van der Waals surface area contributed by atoms with Crippen LogP contribution in [0.2, 0.25) is 0 Å². The lowest BCUT2D eigenvalue weighted by atomic mass is 10.2. The molecule has 0 aliphatic rings. The van der Waals surface area contributed by atoms with Crippen LogP contribution in [-0.2, 0) is 9.53 Å². The van der Waals surface area contributed by atoms with Crippen LogP contribution in [0.25, 0.3) is 0 Å². The lowest BCUT2D eigenvalue weighted by Gasteiger charge is -2.12. The van der Waals surface area contributed by atoms with Crippen molar-refractivity contribution in [2.75, 3.05) is 6.61 Å². The Labute approximate surface area is 121 Å². The Kier molecular flexibility index (Phi) is 8.15. The van der Waals surface area contributed by atoms with Crippen LogP contribution in [0, 0.1) is 0 Å². The summed E-state index contributed by atoms with van der Waals surface area (Å²) in [6, 6.07) is 0. The molecule has 0 bridgehead atoms. The Morgan fingerprint density at radius 1 is 1.22 bits per heavy atom. The Morgan fingerprint density at radius 3 is 2.33 bits per heavy atom. The van der Waals surface area contributed by atoms with Crippen molar-refractivity contribution >= 4 is 46.8 Å². The third kappa shape index (κ3) is 11.8. The molecule has 0 aromatic rings. The van der Waals surface area contributed by atoms with Gasteiger partial charge in [0.1, 0.15) is 6.61 Å². The zero-order valence-corrected chi connectivity index (χ0v) is 12.3. The van der Waals surface area contributed by atoms with Crippen molar-refractivity contribution in [1.29, 1.82) is 0 Å². The smallest absolute Gasteiger partial charge is 0.426 e. The molecule has 0 fully saturated rings. The second kappa shape index (κ2) is 8.45. The van der Waals surface area contributed by atoms with Gasteiger partial charge < -0.3 is 4.74 Å². The first-order valence-corrected chi connectivity index (χ1v) is 6.26. The van der Waals surface area contributed by atoms with Gasteiger partial charge in [-0.2, -0.15) is 0 Å². The molecule has 0 saturated heterocycles. The summed E-state index contributed by atoms with van der Waals surface area (Å²) < 4.78 is 2.85. The number of alkyl halides is 3. The average Bonchev–Trinajstić information content (AvgIpc) is 2.22. The SMILES string of the molecule is CC(C)=CCCC(=O)NNC(=O)OCC(Cl)(Cl)Cl. The van der Waals surface area contributed by atoms with Crippen molar-refractivity contribution in [3.8, 4) is 0 Å². The molecule has 0 saturated carbocycles. The van der Waals surface area contributed by atoms with Gasteiger partial charge >= 0.3 is 6.09 Å². The van der Waals surface area contributed by atoms with Crippen LogP contribution in [0.5, 0.6) is 0 Å². The number of halogens is 3. The van der Waals surface area contributed by atoms with Crippen molar-refractivity contribution in [1.82, 2.24) is 10.9 Å². The summed E-state index contributed by atoms with van der Waals surface area (Å²) in [5.74, 6) is -0.335. The Hall–Kier alpha value is -0.650. The van der Waals surface area contributed by atoms with Gasteiger partial charge in [-0.05, 0) is 20.3 Å². The lowest BCUT2D eigenvalue weighted by molar-refractivity contribution is -0.121. The first-order valence-electron chi connectivity index (χ1n) is 5.12. The maximum atomic E-state index is 11.2. The highest BCUT2D eigenvalue weighted by Crippen LogP contribution is 2.25. The van der Waals surface area contributed by atoms with E-state index in [9.17, 15) is 9.59 Å². The molecule has 0 aliphatic carbocycles. The van der Waals surface area contributed by atoms with E-state index in [-0.39, 0.29) is 12.3 Å². The molecular weight excluding hydrogens is 302 g/mol. The highest BCUT2D eigenvalue weighted by Gasteiger charge is 2.22. The van der Waals surface area contributed by atoms with Gasteiger partial charge in [0, 0.05) is 6.42 Å². The highest BCUT2D eigenvalue weighted by molar-refractivity contribution is 6.67. The molecule has 8 heteroatoms. The molecule has 2 N–H and O–H groups in total. The van der Waals surface area contributed by atoms with Gasteiger partial charge in [0.15, 0.2) is 0 Å². The van der Waals surface area contributed by atoms with E-state index >= 15 is 0 Å². The van der Waals surface area contributed by atoms with Crippen LogP contribution >= 0.6 is 34.8 Å². The first-order chi connectivity index (χ1) is 8.20. The third-order valence-electron chi connectivity index (χ3n) is 1.59. The molecular formula is C10H15Cl3N2O3. The minimum Gasteiger partial charge on any atom is -0.444 e. The zero-order valence-electron chi connectivity index (χ0n) is 10.1. The number of allylic oxidation sites excluding steroid dienone is 2. The van der Waals surface area contributed by atoms with Gasteiger partial charge in [-0.15, -0.1) is 0 Å². The van der Waals surface area contributed by atoms with E-state index in [2.05, 4.69) is 10.2 Å². The fraction of sp³-hybridized carbons (Fsp3) is 0.600. The van der Waals surface area contributed by atoms with E-state index < -0.39 is 16.5 Å². The van der Waals surface area contributed by atoms with Crippen molar-refractivity contribution in [3.63, 3.8) is 0 Å². The molecule has 0 aromatic heterocycles. The van der Waals surface area contributed by atoms with Crippen LogP contribution in [0.15, 0.2) is 11.6 Å². The number of amides is 2. The van der Waals surface area contributed by atoms with Crippen molar-refractivity contribution < 1.29 is 14.3 Å². The highest BCUT2D eigenvalue weighted by atomic mass is 35.6. The summed E-state index contributed by atoms with van der Waals surface area (Å²) in [5, 5.41) is 0. The number of nitrogens with one attached hydrogen (secondary N) is 2. The number of carbonyl (C=O) groups is 2. The van der Waals surface area contributed by atoms with Crippen LogP contribution in [-0.4, -0.2) is 22.4 Å². The molecule has 0 atom stereocenters. The summed E-state index contributed by atoms with van der Waals surface area (Å²) in [7, 11) is 0. The maximum Gasteiger partial charge on any atom is 0.426 e. The van der Waals surface area contributed by atoms with Crippen LogP contribution in [0.3, 0.4) is 0 Å². The average molecular weight is 318 g/mol. The summed E-state index contributed by atoms with van der Waals surface area (Å²) in [5.41, 5.74) is 5.33. The summed E-state index contributed by atoms with van der Waals surface area (Å²) in [4.78, 5) is 22.3. The molecule has 104 valence electrons. The Balaban J connectivity index is 3.72. The molecule has 0 heterocycles. The topological polar surface area (TPSA) is 67.4 Å². The van der Waals surface area contributed by atoms with E-state index in [4.69, 9.17) is 34.8 Å². The molecule has 0 aromatic carbocycles. The van der Waals surface area contributed by atoms with Gasteiger partial charge in [0.2, 0.25) is 9.70 Å². The third-order valence-corrected chi connectivity index (χ3v) is 1.92. The first kappa shape index (κ1) is 17.4. The van der Waals surface area contributed by atoms with Gasteiger partial charge in [-0.25, -0.2) is 10.2 Å². The molecule has 18 heavy (non-hydrogen) atoms. The second-order valence-corrected chi connectivity index (χ2v) is 6.20. The molecule has 0 aliphatic heterocycles. The van der Waals surface area contributed by atoms with E-state index in [1.807, 2.05) is 25.3 Å². The monoisotopic (exact) mass is 316 g/mol. The molecule has 0 radical (unpaired) electrons. The number of hydrogen-bond donors (Lipinski definition) is 2.